The van der Waals surface area contributed by atoms with Crippen molar-refractivity contribution in [3.05, 3.63) is 35.4 Å². The molecule has 1 saturated carbocycles. The number of ether oxygens (including phenoxy) is 1. The second-order valence-corrected chi connectivity index (χ2v) is 6.04. The van der Waals surface area contributed by atoms with Gasteiger partial charge in [-0.05, 0) is 30.4 Å². The Hall–Kier alpha value is -1.35. The maximum absolute atomic E-state index is 11.6. The van der Waals surface area contributed by atoms with E-state index >= 15 is 0 Å². The molecule has 0 N–H and O–H groups in total. The number of methoxy groups -OCH3 is 1. The maximum Gasteiger partial charge on any atom is 0.319 e. The molecule has 0 aromatic heterocycles. The zero-order chi connectivity index (χ0) is 13.9. The molecular formula is C17H23NO2. The Labute approximate surface area is 120 Å². The third-order valence-electron chi connectivity index (χ3n) is 4.82. The first-order valence-corrected chi connectivity index (χ1v) is 7.66. The van der Waals surface area contributed by atoms with E-state index in [4.69, 9.17) is 4.74 Å². The molecule has 20 heavy (non-hydrogen) atoms. The molecule has 3 nitrogen and oxygen atoms in total. The predicted molar refractivity (Wildman–Crippen MR) is 78.7 cm³/mol. The van der Waals surface area contributed by atoms with E-state index in [1.807, 2.05) is 0 Å². The molecule has 3 heteroatoms. The van der Waals surface area contributed by atoms with Crippen LogP contribution in [0.3, 0.4) is 0 Å². The summed E-state index contributed by atoms with van der Waals surface area (Å²) in [6, 6.07) is 9.24. The van der Waals surface area contributed by atoms with Crippen molar-refractivity contribution in [3.63, 3.8) is 0 Å². The number of hydrogen-bond acceptors (Lipinski definition) is 3. The molecule has 3 rings (SSSR count). The van der Waals surface area contributed by atoms with Crippen molar-refractivity contribution >= 4 is 5.97 Å². The molecule has 1 unspecified atom stereocenters. The normalized spacial score (nSPS) is 21.6. The standard InChI is InChI=1S/C17H23NO2/c1-20-17(19)12-18(15-7-3-4-8-15)11-14-10-13-6-2-5-9-16(13)14/h2,5-6,9,14-15H,3-4,7-8,10-12H2,1H3. The third kappa shape index (κ3) is 2.73. The second kappa shape index (κ2) is 5.96. The van der Waals surface area contributed by atoms with E-state index in [1.54, 1.807) is 0 Å². The highest BCUT2D eigenvalue weighted by Gasteiger charge is 2.31. The lowest BCUT2D eigenvalue weighted by molar-refractivity contribution is -0.142. The van der Waals surface area contributed by atoms with Crippen LogP contribution in [0.2, 0.25) is 0 Å². The van der Waals surface area contributed by atoms with Gasteiger partial charge in [-0.25, -0.2) is 0 Å². The number of carbonyl (C=O) groups excluding carboxylic acids is 1. The summed E-state index contributed by atoms with van der Waals surface area (Å²) < 4.78 is 4.86. The Morgan fingerprint density at radius 1 is 1.30 bits per heavy atom. The number of esters is 1. The summed E-state index contributed by atoms with van der Waals surface area (Å²) in [5.41, 5.74) is 2.95. The number of benzene rings is 1. The SMILES string of the molecule is COC(=O)CN(CC1Cc2ccccc21)C1CCCC1. The summed E-state index contributed by atoms with van der Waals surface area (Å²) in [7, 11) is 1.48. The molecule has 2 aliphatic carbocycles. The average molecular weight is 273 g/mol. The highest BCUT2D eigenvalue weighted by Crippen LogP contribution is 2.36. The van der Waals surface area contributed by atoms with Gasteiger partial charge in [0, 0.05) is 18.5 Å². The number of rotatable bonds is 5. The van der Waals surface area contributed by atoms with Crippen molar-refractivity contribution in [1.29, 1.82) is 0 Å². The molecule has 1 aromatic rings. The lowest BCUT2D eigenvalue weighted by Crippen LogP contribution is -2.42. The molecule has 1 aromatic carbocycles. The Morgan fingerprint density at radius 2 is 2.05 bits per heavy atom. The monoisotopic (exact) mass is 273 g/mol. The van der Waals surface area contributed by atoms with Gasteiger partial charge in [0.1, 0.15) is 0 Å². The fourth-order valence-electron chi connectivity index (χ4n) is 3.65. The Kier molecular flexibility index (Phi) is 4.06. The number of nitrogens with zero attached hydrogens (tertiary/aromatic N) is 1. The van der Waals surface area contributed by atoms with Crippen molar-refractivity contribution in [2.75, 3.05) is 20.2 Å². The predicted octanol–water partition coefficient (Wildman–Crippen LogP) is 2.74. The molecule has 1 atom stereocenters. The third-order valence-corrected chi connectivity index (χ3v) is 4.82. The van der Waals surface area contributed by atoms with E-state index in [-0.39, 0.29) is 5.97 Å². The molecule has 0 bridgehead atoms. The molecule has 0 saturated heterocycles. The van der Waals surface area contributed by atoms with Gasteiger partial charge in [0.15, 0.2) is 0 Å². The van der Waals surface area contributed by atoms with Crippen molar-refractivity contribution < 1.29 is 9.53 Å². The Balaban J connectivity index is 1.66. The minimum atomic E-state index is -0.107. The highest BCUT2D eigenvalue weighted by molar-refractivity contribution is 5.71. The van der Waals surface area contributed by atoms with Crippen molar-refractivity contribution in [2.24, 2.45) is 0 Å². The molecule has 2 aliphatic rings. The Morgan fingerprint density at radius 3 is 2.75 bits per heavy atom. The van der Waals surface area contributed by atoms with Crippen LogP contribution in [0.5, 0.6) is 0 Å². The number of fused-ring (bicyclic) bond motifs is 1. The molecule has 1 fully saturated rings. The van der Waals surface area contributed by atoms with Crippen LogP contribution in [0.15, 0.2) is 24.3 Å². The van der Waals surface area contributed by atoms with E-state index in [0.29, 0.717) is 18.5 Å². The van der Waals surface area contributed by atoms with Crippen LogP contribution in [0.25, 0.3) is 0 Å². The largest absolute Gasteiger partial charge is 0.468 e. The quantitative estimate of drug-likeness (QED) is 0.773. The molecular weight excluding hydrogens is 250 g/mol. The molecule has 0 spiro atoms. The molecule has 0 radical (unpaired) electrons. The van der Waals surface area contributed by atoms with E-state index < -0.39 is 0 Å². The molecule has 108 valence electrons. The smallest absolute Gasteiger partial charge is 0.319 e. The summed E-state index contributed by atoms with van der Waals surface area (Å²) in [6.45, 7) is 1.44. The van der Waals surface area contributed by atoms with Crippen LogP contribution in [-0.4, -0.2) is 37.1 Å². The van der Waals surface area contributed by atoms with Crippen LogP contribution in [0, 0.1) is 0 Å². The molecule has 0 aliphatic heterocycles. The van der Waals surface area contributed by atoms with E-state index in [0.717, 1.165) is 13.0 Å². The van der Waals surface area contributed by atoms with Crippen molar-refractivity contribution in [2.45, 2.75) is 44.1 Å². The van der Waals surface area contributed by atoms with Crippen molar-refractivity contribution in [1.82, 2.24) is 4.90 Å². The van der Waals surface area contributed by atoms with E-state index in [2.05, 4.69) is 29.2 Å². The number of carbonyl (C=O) groups is 1. The highest BCUT2D eigenvalue weighted by atomic mass is 16.5. The maximum atomic E-state index is 11.6. The lowest BCUT2D eigenvalue weighted by Gasteiger charge is -2.37. The summed E-state index contributed by atoms with van der Waals surface area (Å²) in [5.74, 6) is 0.487. The molecule has 0 heterocycles. The molecule has 0 amide bonds. The number of hydrogen-bond donors (Lipinski definition) is 0. The van der Waals surface area contributed by atoms with E-state index in [9.17, 15) is 4.79 Å². The minimum absolute atomic E-state index is 0.107. The van der Waals surface area contributed by atoms with Crippen LogP contribution < -0.4 is 0 Å². The average Bonchev–Trinajstić information content (AvgIpc) is 2.97. The van der Waals surface area contributed by atoms with Crippen LogP contribution in [0.4, 0.5) is 0 Å². The van der Waals surface area contributed by atoms with Crippen LogP contribution in [0.1, 0.15) is 42.7 Å². The van der Waals surface area contributed by atoms with Gasteiger partial charge in [-0.15, -0.1) is 0 Å². The van der Waals surface area contributed by atoms with Gasteiger partial charge in [0.2, 0.25) is 0 Å². The first-order valence-electron chi connectivity index (χ1n) is 7.66. The van der Waals surface area contributed by atoms with Gasteiger partial charge in [-0.3, -0.25) is 9.69 Å². The minimum Gasteiger partial charge on any atom is -0.468 e. The van der Waals surface area contributed by atoms with Gasteiger partial charge in [0.05, 0.1) is 13.7 Å². The Bertz CT molecular complexity index is 480. The van der Waals surface area contributed by atoms with Gasteiger partial charge in [-0.1, -0.05) is 37.1 Å². The topological polar surface area (TPSA) is 29.5 Å². The summed E-state index contributed by atoms with van der Waals surface area (Å²) in [6.07, 6.45) is 6.20. The first kappa shape index (κ1) is 13.6. The lowest BCUT2D eigenvalue weighted by atomic mass is 9.77. The fourth-order valence-corrected chi connectivity index (χ4v) is 3.65. The van der Waals surface area contributed by atoms with Crippen LogP contribution in [-0.2, 0) is 16.0 Å². The summed E-state index contributed by atoms with van der Waals surface area (Å²) in [4.78, 5) is 14.0. The van der Waals surface area contributed by atoms with Gasteiger partial charge in [0.25, 0.3) is 0 Å². The first-order chi connectivity index (χ1) is 9.78. The van der Waals surface area contributed by atoms with Gasteiger partial charge >= 0.3 is 5.97 Å². The van der Waals surface area contributed by atoms with Gasteiger partial charge < -0.3 is 4.74 Å². The van der Waals surface area contributed by atoms with Gasteiger partial charge in [-0.2, -0.15) is 0 Å². The summed E-state index contributed by atoms with van der Waals surface area (Å²) >= 11 is 0. The second-order valence-electron chi connectivity index (χ2n) is 6.04. The fraction of sp³-hybridized carbons (Fsp3) is 0.588. The zero-order valence-electron chi connectivity index (χ0n) is 12.2. The van der Waals surface area contributed by atoms with Crippen LogP contribution >= 0.6 is 0 Å². The summed E-state index contributed by atoms with van der Waals surface area (Å²) in [5, 5.41) is 0. The van der Waals surface area contributed by atoms with E-state index in [1.165, 1.54) is 43.9 Å². The van der Waals surface area contributed by atoms with Crippen molar-refractivity contribution in [3.8, 4) is 0 Å². The zero-order valence-corrected chi connectivity index (χ0v) is 12.2.